The number of hydrogen-bond acceptors (Lipinski definition) is 6. The molecule has 1 aromatic carbocycles. The minimum Gasteiger partial charge on any atom is -0.504 e. The summed E-state index contributed by atoms with van der Waals surface area (Å²) in [7, 11) is 0. The van der Waals surface area contributed by atoms with Gasteiger partial charge in [-0.2, -0.15) is 0 Å². The molecule has 0 fully saturated rings. The maximum absolute atomic E-state index is 12.0. The smallest absolute Gasteiger partial charge is 0.408 e. The van der Waals surface area contributed by atoms with Crippen LogP contribution in [0.4, 0.5) is 4.79 Å². The molecule has 0 spiro atoms. The number of aliphatic hydroxyl groups excluding tert-OH is 1. The predicted molar refractivity (Wildman–Crippen MR) is 86.7 cm³/mol. The normalized spacial score (nSPS) is 12.3. The molecule has 0 aromatic heterocycles. The van der Waals surface area contributed by atoms with Gasteiger partial charge in [0.1, 0.15) is 11.6 Å². The Morgan fingerprint density at radius 3 is 2.42 bits per heavy atom. The van der Waals surface area contributed by atoms with E-state index in [1.54, 1.807) is 26.8 Å². The molecule has 8 nitrogen and oxygen atoms in total. The molecule has 1 rings (SSSR count). The first-order valence-corrected chi connectivity index (χ1v) is 7.51. The highest BCUT2D eigenvalue weighted by atomic mass is 16.6. The van der Waals surface area contributed by atoms with Crippen molar-refractivity contribution in [3.05, 3.63) is 23.8 Å². The standard InChI is InChI=1S/C16H24N2O6/c1-16(2,3)24-15(23)18-11(9-19)14(22)17-7-6-10-4-5-12(20)13(21)8-10/h4-5,8,11,19-21H,6-7,9H2,1-3H3,(H,17,22)(H,18,23)/t11-/m0/s1. The SMILES string of the molecule is CC(C)(C)OC(=O)N[C@@H](CO)C(=O)NCCc1ccc(O)c(O)c1. The van der Waals surface area contributed by atoms with E-state index in [0.717, 1.165) is 0 Å². The molecular formula is C16H24N2O6. The van der Waals surface area contributed by atoms with Gasteiger partial charge in [-0.1, -0.05) is 6.07 Å². The van der Waals surface area contributed by atoms with Gasteiger partial charge in [-0.15, -0.1) is 0 Å². The van der Waals surface area contributed by atoms with Crippen molar-refractivity contribution in [3.63, 3.8) is 0 Å². The third-order valence-corrected chi connectivity index (χ3v) is 2.94. The van der Waals surface area contributed by atoms with Crippen molar-refractivity contribution in [1.29, 1.82) is 0 Å². The molecule has 0 aliphatic carbocycles. The zero-order chi connectivity index (χ0) is 18.3. The fourth-order valence-corrected chi connectivity index (χ4v) is 1.82. The highest BCUT2D eigenvalue weighted by molar-refractivity contribution is 5.85. The molecule has 0 bridgehead atoms. The third kappa shape index (κ3) is 6.74. The Kier molecular flexibility index (Phi) is 6.84. The van der Waals surface area contributed by atoms with Gasteiger partial charge >= 0.3 is 6.09 Å². The van der Waals surface area contributed by atoms with Crippen LogP contribution in [0.5, 0.6) is 11.5 Å². The second-order valence-corrected chi connectivity index (χ2v) is 6.25. The number of carbonyl (C=O) groups is 2. The fraction of sp³-hybridized carbons (Fsp3) is 0.500. The van der Waals surface area contributed by atoms with E-state index in [1.807, 2.05) is 0 Å². The van der Waals surface area contributed by atoms with Crippen LogP contribution in [-0.2, 0) is 16.0 Å². The van der Waals surface area contributed by atoms with Crippen LogP contribution < -0.4 is 10.6 Å². The Hall–Kier alpha value is -2.48. The molecule has 0 radical (unpaired) electrons. The monoisotopic (exact) mass is 340 g/mol. The minimum atomic E-state index is -1.12. The van der Waals surface area contributed by atoms with Crippen LogP contribution in [0, 0.1) is 0 Å². The van der Waals surface area contributed by atoms with Crippen molar-refractivity contribution in [2.75, 3.05) is 13.2 Å². The number of nitrogens with one attached hydrogen (secondary N) is 2. The molecule has 0 saturated carbocycles. The molecule has 0 aliphatic rings. The number of phenolic OH excluding ortho intramolecular Hbond substituents is 2. The maximum atomic E-state index is 12.0. The largest absolute Gasteiger partial charge is 0.504 e. The lowest BCUT2D eigenvalue weighted by molar-refractivity contribution is -0.124. The van der Waals surface area contributed by atoms with Crippen LogP contribution >= 0.6 is 0 Å². The first kappa shape index (κ1) is 19.6. The number of alkyl carbamates (subject to hydrolysis) is 1. The molecule has 0 saturated heterocycles. The lowest BCUT2D eigenvalue weighted by Gasteiger charge is -2.22. The van der Waals surface area contributed by atoms with E-state index in [4.69, 9.17) is 4.74 Å². The van der Waals surface area contributed by atoms with Crippen LogP contribution in [0.3, 0.4) is 0 Å². The number of amides is 2. The fourth-order valence-electron chi connectivity index (χ4n) is 1.82. The molecule has 5 N–H and O–H groups in total. The summed E-state index contributed by atoms with van der Waals surface area (Å²) in [5, 5.41) is 32.7. The van der Waals surface area contributed by atoms with Gasteiger partial charge in [0.2, 0.25) is 5.91 Å². The predicted octanol–water partition coefficient (Wildman–Crippen LogP) is 0.642. The van der Waals surface area contributed by atoms with Crippen LogP contribution in [-0.4, -0.2) is 52.1 Å². The highest BCUT2D eigenvalue weighted by Crippen LogP contribution is 2.24. The van der Waals surface area contributed by atoms with E-state index in [9.17, 15) is 24.9 Å². The zero-order valence-corrected chi connectivity index (χ0v) is 14.0. The second-order valence-electron chi connectivity index (χ2n) is 6.25. The summed E-state index contributed by atoms with van der Waals surface area (Å²) in [6.45, 7) is 4.73. The van der Waals surface area contributed by atoms with Gasteiger partial charge in [-0.3, -0.25) is 4.79 Å². The van der Waals surface area contributed by atoms with E-state index in [0.29, 0.717) is 12.0 Å². The van der Waals surface area contributed by atoms with E-state index >= 15 is 0 Å². The Morgan fingerprint density at radius 2 is 1.88 bits per heavy atom. The Morgan fingerprint density at radius 1 is 1.21 bits per heavy atom. The number of carbonyl (C=O) groups excluding carboxylic acids is 2. The van der Waals surface area contributed by atoms with Gasteiger partial charge < -0.3 is 30.7 Å². The molecule has 1 aromatic rings. The van der Waals surface area contributed by atoms with Crippen LogP contribution in [0.2, 0.25) is 0 Å². The summed E-state index contributed by atoms with van der Waals surface area (Å²) in [6, 6.07) is 3.24. The summed E-state index contributed by atoms with van der Waals surface area (Å²) in [5.74, 6) is -1.00. The zero-order valence-electron chi connectivity index (χ0n) is 14.0. The van der Waals surface area contributed by atoms with Gasteiger partial charge in [-0.25, -0.2) is 4.79 Å². The van der Waals surface area contributed by atoms with E-state index < -0.39 is 30.3 Å². The molecule has 1 atom stereocenters. The Bertz CT molecular complexity index is 582. The quantitative estimate of drug-likeness (QED) is 0.484. The van der Waals surface area contributed by atoms with E-state index in [2.05, 4.69) is 10.6 Å². The second kappa shape index (κ2) is 8.39. The molecule has 24 heavy (non-hydrogen) atoms. The average molecular weight is 340 g/mol. The number of aliphatic hydroxyl groups is 1. The van der Waals surface area contributed by atoms with E-state index in [-0.39, 0.29) is 18.0 Å². The molecular weight excluding hydrogens is 316 g/mol. The van der Waals surface area contributed by atoms with Gasteiger partial charge in [0.05, 0.1) is 6.61 Å². The molecule has 0 heterocycles. The van der Waals surface area contributed by atoms with E-state index in [1.165, 1.54) is 12.1 Å². The van der Waals surface area contributed by atoms with Crippen LogP contribution in [0.1, 0.15) is 26.3 Å². The van der Waals surface area contributed by atoms with Crippen molar-refractivity contribution in [2.24, 2.45) is 0 Å². The van der Waals surface area contributed by atoms with Crippen molar-refractivity contribution < 1.29 is 29.6 Å². The molecule has 8 heteroatoms. The molecule has 134 valence electrons. The first-order chi connectivity index (χ1) is 11.1. The molecule has 2 amide bonds. The summed E-state index contributed by atoms with van der Waals surface area (Å²) in [6.07, 6.45) is -0.385. The highest BCUT2D eigenvalue weighted by Gasteiger charge is 2.23. The summed E-state index contributed by atoms with van der Waals surface area (Å²) < 4.78 is 5.03. The minimum absolute atomic E-state index is 0.218. The molecule has 0 aliphatic heterocycles. The van der Waals surface area contributed by atoms with Gasteiger partial charge in [-0.05, 0) is 44.9 Å². The Labute approximate surface area is 140 Å². The topological polar surface area (TPSA) is 128 Å². The molecule has 0 unspecified atom stereocenters. The summed E-state index contributed by atoms with van der Waals surface area (Å²) in [5.41, 5.74) is 0.00721. The van der Waals surface area contributed by atoms with Crippen LogP contribution in [0.25, 0.3) is 0 Å². The van der Waals surface area contributed by atoms with Crippen molar-refractivity contribution in [1.82, 2.24) is 10.6 Å². The third-order valence-electron chi connectivity index (χ3n) is 2.94. The van der Waals surface area contributed by atoms with Crippen molar-refractivity contribution >= 4 is 12.0 Å². The number of benzene rings is 1. The summed E-state index contributed by atoms with van der Waals surface area (Å²) >= 11 is 0. The number of phenols is 2. The summed E-state index contributed by atoms with van der Waals surface area (Å²) in [4.78, 5) is 23.6. The lowest BCUT2D eigenvalue weighted by Crippen LogP contribution is -2.50. The Balaban J connectivity index is 2.46. The number of aromatic hydroxyl groups is 2. The van der Waals surface area contributed by atoms with Crippen molar-refractivity contribution in [3.8, 4) is 11.5 Å². The van der Waals surface area contributed by atoms with Gasteiger partial charge in [0, 0.05) is 6.54 Å². The lowest BCUT2D eigenvalue weighted by atomic mass is 10.1. The first-order valence-electron chi connectivity index (χ1n) is 7.51. The number of rotatable bonds is 6. The van der Waals surface area contributed by atoms with Gasteiger partial charge in [0.25, 0.3) is 0 Å². The maximum Gasteiger partial charge on any atom is 0.408 e. The average Bonchev–Trinajstić information content (AvgIpc) is 2.46. The van der Waals surface area contributed by atoms with Gasteiger partial charge in [0.15, 0.2) is 11.5 Å². The van der Waals surface area contributed by atoms with Crippen LogP contribution in [0.15, 0.2) is 18.2 Å². The number of hydrogen-bond donors (Lipinski definition) is 5. The number of ether oxygens (including phenoxy) is 1. The van der Waals surface area contributed by atoms with Crippen molar-refractivity contribution in [2.45, 2.75) is 38.8 Å².